The Morgan fingerprint density at radius 1 is 1.33 bits per heavy atom. The van der Waals surface area contributed by atoms with Crippen LogP contribution in [0.15, 0.2) is 17.5 Å². The summed E-state index contributed by atoms with van der Waals surface area (Å²) in [5.74, 6) is 0.591. The van der Waals surface area contributed by atoms with Crippen LogP contribution in [-0.4, -0.2) is 47.9 Å². The van der Waals surface area contributed by atoms with E-state index >= 15 is 0 Å². The number of nitrogens with two attached hydrogens (primary N) is 1. The molecule has 0 aliphatic carbocycles. The molecule has 0 saturated carbocycles. The van der Waals surface area contributed by atoms with Crippen LogP contribution >= 0.6 is 11.3 Å². The third-order valence-corrected chi connectivity index (χ3v) is 4.76. The molecule has 1 fully saturated rings. The first kappa shape index (κ1) is 16.5. The molecule has 21 heavy (non-hydrogen) atoms. The Balaban J connectivity index is 1.84. The van der Waals surface area contributed by atoms with Gasteiger partial charge < -0.3 is 10.6 Å². The SMILES string of the molecule is CC(C)CC(N)C(=O)N1CCCN(Cc2cccs2)CC1. The minimum atomic E-state index is -0.339. The Bertz CT molecular complexity index is 433. The lowest BCUT2D eigenvalue weighted by atomic mass is 10.0. The zero-order valence-electron chi connectivity index (χ0n) is 13.1. The van der Waals surface area contributed by atoms with Gasteiger partial charge in [-0.3, -0.25) is 9.69 Å². The molecule has 2 N–H and O–H groups in total. The first-order valence-electron chi connectivity index (χ1n) is 7.85. The molecule has 0 aromatic carbocycles. The highest BCUT2D eigenvalue weighted by atomic mass is 32.1. The van der Waals surface area contributed by atoms with Gasteiger partial charge in [-0.2, -0.15) is 0 Å². The van der Waals surface area contributed by atoms with Crippen molar-refractivity contribution in [1.82, 2.24) is 9.80 Å². The highest BCUT2D eigenvalue weighted by Crippen LogP contribution is 2.14. The molecule has 1 unspecified atom stereocenters. The predicted octanol–water partition coefficient (Wildman–Crippen LogP) is 2.16. The molecule has 1 aromatic heterocycles. The molecular formula is C16H27N3OS. The smallest absolute Gasteiger partial charge is 0.239 e. The maximum atomic E-state index is 12.4. The van der Waals surface area contributed by atoms with E-state index in [2.05, 4.69) is 36.3 Å². The van der Waals surface area contributed by atoms with Gasteiger partial charge in [0.2, 0.25) is 5.91 Å². The summed E-state index contributed by atoms with van der Waals surface area (Å²) < 4.78 is 0. The van der Waals surface area contributed by atoms with Crippen LogP contribution in [0.5, 0.6) is 0 Å². The van der Waals surface area contributed by atoms with E-state index in [-0.39, 0.29) is 11.9 Å². The summed E-state index contributed by atoms with van der Waals surface area (Å²) in [4.78, 5) is 18.2. The van der Waals surface area contributed by atoms with Crippen LogP contribution in [0.4, 0.5) is 0 Å². The van der Waals surface area contributed by atoms with E-state index in [1.807, 2.05) is 4.90 Å². The summed E-state index contributed by atoms with van der Waals surface area (Å²) >= 11 is 1.80. The fraction of sp³-hybridized carbons (Fsp3) is 0.688. The van der Waals surface area contributed by atoms with Crippen LogP contribution in [0.3, 0.4) is 0 Å². The number of rotatable bonds is 5. The average molecular weight is 309 g/mol. The Hall–Kier alpha value is -0.910. The standard InChI is InChI=1S/C16H27N3OS/c1-13(2)11-15(17)16(20)19-7-4-6-18(8-9-19)12-14-5-3-10-21-14/h3,5,10,13,15H,4,6-9,11-12,17H2,1-2H3. The molecule has 1 atom stereocenters. The fourth-order valence-corrected chi connectivity index (χ4v) is 3.56. The molecular weight excluding hydrogens is 282 g/mol. The predicted molar refractivity (Wildman–Crippen MR) is 88.2 cm³/mol. The first-order valence-corrected chi connectivity index (χ1v) is 8.73. The summed E-state index contributed by atoms with van der Waals surface area (Å²) in [7, 11) is 0. The molecule has 0 bridgehead atoms. The van der Waals surface area contributed by atoms with Gasteiger partial charge in [-0.1, -0.05) is 19.9 Å². The second kappa shape index (κ2) is 7.92. The molecule has 2 heterocycles. The molecule has 1 saturated heterocycles. The Labute approximate surface area is 131 Å². The van der Waals surface area contributed by atoms with Crippen LogP contribution < -0.4 is 5.73 Å². The summed E-state index contributed by atoms with van der Waals surface area (Å²) in [6.07, 6.45) is 1.81. The van der Waals surface area contributed by atoms with E-state index in [9.17, 15) is 4.79 Å². The zero-order chi connectivity index (χ0) is 15.2. The fourth-order valence-electron chi connectivity index (χ4n) is 2.82. The van der Waals surface area contributed by atoms with Crippen molar-refractivity contribution in [3.63, 3.8) is 0 Å². The molecule has 1 aliphatic rings. The Morgan fingerprint density at radius 3 is 2.81 bits per heavy atom. The van der Waals surface area contributed by atoms with Crippen molar-refractivity contribution >= 4 is 17.2 Å². The number of nitrogens with zero attached hydrogens (tertiary/aromatic N) is 2. The lowest BCUT2D eigenvalue weighted by Crippen LogP contribution is -2.45. The number of thiophene rings is 1. The zero-order valence-corrected chi connectivity index (χ0v) is 13.9. The lowest BCUT2D eigenvalue weighted by Gasteiger charge is -2.25. The highest BCUT2D eigenvalue weighted by Gasteiger charge is 2.24. The van der Waals surface area contributed by atoms with Crippen molar-refractivity contribution in [3.05, 3.63) is 22.4 Å². The van der Waals surface area contributed by atoms with Gasteiger partial charge in [-0.05, 0) is 30.2 Å². The highest BCUT2D eigenvalue weighted by molar-refractivity contribution is 7.09. The van der Waals surface area contributed by atoms with Gasteiger partial charge in [0.1, 0.15) is 0 Å². The van der Waals surface area contributed by atoms with Crippen molar-refractivity contribution < 1.29 is 4.79 Å². The molecule has 118 valence electrons. The first-order chi connectivity index (χ1) is 10.1. The number of carbonyl (C=O) groups excluding carboxylic acids is 1. The number of carbonyl (C=O) groups is 1. The Kier molecular flexibility index (Phi) is 6.21. The van der Waals surface area contributed by atoms with E-state index < -0.39 is 0 Å². The Morgan fingerprint density at radius 2 is 2.14 bits per heavy atom. The molecule has 1 aliphatic heterocycles. The van der Waals surface area contributed by atoms with Crippen molar-refractivity contribution in [3.8, 4) is 0 Å². The molecule has 5 heteroatoms. The maximum absolute atomic E-state index is 12.4. The average Bonchev–Trinajstić information content (AvgIpc) is 2.82. The van der Waals surface area contributed by atoms with Crippen molar-refractivity contribution in [2.75, 3.05) is 26.2 Å². The van der Waals surface area contributed by atoms with Gasteiger partial charge in [-0.15, -0.1) is 11.3 Å². The largest absolute Gasteiger partial charge is 0.340 e. The lowest BCUT2D eigenvalue weighted by molar-refractivity contribution is -0.132. The topological polar surface area (TPSA) is 49.6 Å². The van der Waals surface area contributed by atoms with Crippen molar-refractivity contribution in [1.29, 1.82) is 0 Å². The number of amides is 1. The number of hydrogen-bond acceptors (Lipinski definition) is 4. The monoisotopic (exact) mass is 309 g/mol. The van der Waals surface area contributed by atoms with Gasteiger partial charge in [0.05, 0.1) is 6.04 Å². The van der Waals surface area contributed by atoms with Crippen LogP contribution in [0.25, 0.3) is 0 Å². The summed E-state index contributed by atoms with van der Waals surface area (Å²) in [5.41, 5.74) is 6.04. The van der Waals surface area contributed by atoms with Gasteiger partial charge >= 0.3 is 0 Å². The van der Waals surface area contributed by atoms with Crippen molar-refractivity contribution in [2.45, 2.75) is 39.3 Å². The normalized spacial score (nSPS) is 18.8. The van der Waals surface area contributed by atoms with Crippen LogP contribution in [0.1, 0.15) is 31.6 Å². The van der Waals surface area contributed by atoms with E-state index in [0.717, 1.165) is 45.6 Å². The van der Waals surface area contributed by atoms with Gasteiger partial charge in [0.25, 0.3) is 0 Å². The molecule has 1 aromatic rings. The van der Waals surface area contributed by atoms with E-state index in [4.69, 9.17) is 5.73 Å². The molecule has 0 spiro atoms. The molecule has 4 nitrogen and oxygen atoms in total. The van der Waals surface area contributed by atoms with Gasteiger partial charge in [0.15, 0.2) is 0 Å². The summed E-state index contributed by atoms with van der Waals surface area (Å²) in [6, 6.07) is 3.93. The third kappa shape index (κ3) is 5.09. The second-order valence-corrected chi connectivity index (χ2v) is 7.30. The minimum absolute atomic E-state index is 0.127. The quantitative estimate of drug-likeness (QED) is 0.907. The van der Waals surface area contributed by atoms with Crippen LogP contribution in [0.2, 0.25) is 0 Å². The van der Waals surface area contributed by atoms with Gasteiger partial charge in [-0.25, -0.2) is 0 Å². The van der Waals surface area contributed by atoms with Gasteiger partial charge in [0, 0.05) is 37.6 Å². The summed E-state index contributed by atoms with van der Waals surface area (Å²) in [6.45, 7) is 8.86. The molecule has 0 radical (unpaired) electrons. The third-order valence-electron chi connectivity index (χ3n) is 3.90. The maximum Gasteiger partial charge on any atom is 0.239 e. The van der Waals surface area contributed by atoms with E-state index in [1.165, 1.54) is 4.88 Å². The second-order valence-electron chi connectivity index (χ2n) is 6.27. The summed E-state index contributed by atoms with van der Waals surface area (Å²) in [5, 5.41) is 2.12. The minimum Gasteiger partial charge on any atom is -0.340 e. The van der Waals surface area contributed by atoms with E-state index in [1.54, 1.807) is 11.3 Å². The van der Waals surface area contributed by atoms with Crippen LogP contribution in [-0.2, 0) is 11.3 Å². The number of hydrogen-bond donors (Lipinski definition) is 1. The van der Waals surface area contributed by atoms with Crippen molar-refractivity contribution in [2.24, 2.45) is 11.7 Å². The van der Waals surface area contributed by atoms with Crippen LogP contribution in [0, 0.1) is 5.92 Å². The molecule has 2 rings (SSSR count). The molecule has 1 amide bonds. The van der Waals surface area contributed by atoms with E-state index in [0.29, 0.717) is 5.92 Å².